The van der Waals surface area contributed by atoms with Crippen LogP contribution in [0.15, 0.2) is 66.7 Å². The Morgan fingerprint density at radius 1 is 0.889 bits per heavy atom. The number of piperidine rings is 1. The summed E-state index contributed by atoms with van der Waals surface area (Å²) in [6.07, 6.45) is 0.723. The van der Waals surface area contributed by atoms with E-state index in [-0.39, 0.29) is 5.56 Å². The monoisotopic (exact) mass is 493 g/mol. The fourth-order valence-electron chi connectivity index (χ4n) is 6.12. The first-order valence-electron chi connectivity index (χ1n) is 13.0. The number of nitrogens with zero attached hydrogens (tertiary/aromatic N) is 1. The molecule has 5 rings (SSSR count). The summed E-state index contributed by atoms with van der Waals surface area (Å²) >= 11 is 0. The molecule has 2 nitrogen and oxygen atoms in total. The van der Waals surface area contributed by atoms with Gasteiger partial charge in [-0.1, -0.05) is 60.7 Å². The van der Waals surface area contributed by atoms with Crippen molar-refractivity contribution < 1.29 is 18.3 Å². The first kappa shape index (κ1) is 25.0. The third-order valence-electron chi connectivity index (χ3n) is 8.26. The van der Waals surface area contributed by atoms with Crippen LogP contribution < -0.4 is 0 Å². The molecule has 36 heavy (non-hydrogen) atoms. The molecule has 0 spiro atoms. The van der Waals surface area contributed by atoms with Crippen LogP contribution in [0.3, 0.4) is 0 Å². The third-order valence-corrected chi connectivity index (χ3v) is 8.26. The van der Waals surface area contributed by atoms with Gasteiger partial charge in [0.25, 0.3) is 0 Å². The van der Waals surface area contributed by atoms with Gasteiger partial charge in [0.1, 0.15) is 0 Å². The molecule has 3 aromatic rings. The van der Waals surface area contributed by atoms with Crippen molar-refractivity contribution in [1.82, 2.24) is 4.90 Å². The molecule has 1 heterocycles. The second-order valence-electron chi connectivity index (χ2n) is 10.5. The van der Waals surface area contributed by atoms with Crippen molar-refractivity contribution in [2.24, 2.45) is 0 Å². The molecule has 1 saturated heterocycles. The maximum absolute atomic E-state index is 13.4. The van der Waals surface area contributed by atoms with Crippen LogP contribution in [0.2, 0.25) is 0 Å². The van der Waals surface area contributed by atoms with E-state index in [0.29, 0.717) is 37.4 Å². The third kappa shape index (κ3) is 5.09. The minimum Gasteiger partial charge on any atom is -0.385 e. The summed E-state index contributed by atoms with van der Waals surface area (Å²) in [5.74, 6) is 0.384. The zero-order valence-electron chi connectivity index (χ0n) is 20.8. The van der Waals surface area contributed by atoms with Gasteiger partial charge in [0.15, 0.2) is 0 Å². The van der Waals surface area contributed by atoms with E-state index >= 15 is 0 Å². The molecule has 190 valence electrons. The summed E-state index contributed by atoms with van der Waals surface area (Å²) in [7, 11) is 0. The number of aryl methyl sites for hydroxylation is 3. The van der Waals surface area contributed by atoms with Crippen LogP contribution in [0.25, 0.3) is 0 Å². The van der Waals surface area contributed by atoms with Gasteiger partial charge >= 0.3 is 6.18 Å². The van der Waals surface area contributed by atoms with Crippen molar-refractivity contribution in [3.8, 4) is 0 Å². The zero-order chi connectivity index (χ0) is 25.3. The van der Waals surface area contributed by atoms with E-state index in [4.69, 9.17) is 0 Å². The lowest BCUT2D eigenvalue weighted by Gasteiger charge is -2.39. The number of hydrogen-bond donors (Lipinski definition) is 1. The summed E-state index contributed by atoms with van der Waals surface area (Å²) in [5.41, 5.74) is 4.48. The lowest BCUT2D eigenvalue weighted by atomic mass is 9.82. The maximum Gasteiger partial charge on any atom is 0.416 e. The Morgan fingerprint density at radius 2 is 1.47 bits per heavy atom. The van der Waals surface area contributed by atoms with Gasteiger partial charge in [0, 0.05) is 19.0 Å². The van der Waals surface area contributed by atoms with E-state index in [1.807, 2.05) is 0 Å². The van der Waals surface area contributed by atoms with Crippen LogP contribution in [0.5, 0.6) is 0 Å². The van der Waals surface area contributed by atoms with E-state index in [1.165, 1.54) is 35.2 Å². The highest BCUT2D eigenvalue weighted by Crippen LogP contribution is 2.39. The average molecular weight is 494 g/mol. The van der Waals surface area contributed by atoms with Gasteiger partial charge in [-0.15, -0.1) is 0 Å². The van der Waals surface area contributed by atoms with E-state index in [9.17, 15) is 18.3 Å². The maximum atomic E-state index is 13.4. The van der Waals surface area contributed by atoms with Gasteiger partial charge < -0.3 is 10.0 Å². The molecule has 0 aromatic heterocycles. The molecule has 5 heteroatoms. The summed E-state index contributed by atoms with van der Waals surface area (Å²) in [6, 6.07) is 21.9. The SMILES string of the molecule is Cc1ccc(C2(O)CCN(CCCC3c4ccccc4CCc4ccccc43)CC2)cc1C(F)(F)F. The van der Waals surface area contributed by atoms with Gasteiger partial charge in [-0.3, -0.25) is 0 Å². The molecule has 0 unspecified atom stereocenters. The number of likely N-dealkylation sites (tertiary alicyclic amines) is 1. The predicted molar refractivity (Wildman–Crippen MR) is 137 cm³/mol. The fraction of sp³-hybridized carbons (Fsp3) is 0.419. The van der Waals surface area contributed by atoms with Gasteiger partial charge in [-0.2, -0.15) is 13.2 Å². The van der Waals surface area contributed by atoms with Gasteiger partial charge in [0.2, 0.25) is 0 Å². The minimum atomic E-state index is -4.41. The Morgan fingerprint density at radius 3 is 2.06 bits per heavy atom. The number of hydrogen-bond acceptors (Lipinski definition) is 2. The topological polar surface area (TPSA) is 23.5 Å². The van der Waals surface area contributed by atoms with Crippen molar-refractivity contribution in [1.29, 1.82) is 0 Å². The molecule has 3 aromatic carbocycles. The van der Waals surface area contributed by atoms with Crippen molar-refractivity contribution in [2.45, 2.75) is 63.1 Å². The lowest BCUT2D eigenvalue weighted by Crippen LogP contribution is -2.43. The molecular formula is C31H34F3NO. The number of alkyl halides is 3. The Balaban J connectivity index is 1.23. The minimum absolute atomic E-state index is 0.189. The highest BCUT2D eigenvalue weighted by molar-refractivity contribution is 5.44. The number of halogens is 3. The summed E-state index contributed by atoms with van der Waals surface area (Å²) in [6.45, 7) is 3.76. The molecule has 1 aliphatic carbocycles. The van der Waals surface area contributed by atoms with Crippen LogP contribution in [-0.2, 0) is 24.6 Å². The largest absolute Gasteiger partial charge is 0.416 e. The summed E-state index contributed by atoms with van der Waals surface area (Å²) in [5, 5.41) is 11.2. The van der Waals surface area contributed by atoms with Crippen LogP contribution >= 0.6 is 0 Å². The first-order valence-corrected chi connectivity index (χ1v) is 13.0. The number of aliphatic hydroxyl groups is 1. The Bertz CT molecular complexity index is 1160. The molecule has 0 bridgehead atoms. The standard InChI is InChI=1S/C31H34F3NO/c1-22-12-15-25(21-29(22)31(32,33)34)30(36)16-19-35(20-17-30)18-6-11-28-26-9-4-2-7-23(26)13-14-24-8-3-5-10-27(24)28/h2-5,7-10,12,15,21,28,36H,6,11,13-14,16-20H2,1H3. The molecule has 0 amide bonds. The molecule has 0 atom stereocenters. The quantitative estimate of drug-likeness (QED) is 0.413. The van der Waals surface area contributed by atoms with E-state index in [0.717, 1.165) is 38.3 Å². The molecular weight excluding hydrogens is 459 g/mol. The van der Waals surface area contributed by atoms with Gasteiger partial charge in [-0.25, -0.2) is 0 Å². The number of fused-ring (bicyclic) bond motifs is 2. The van der Waals surface area contributed by atoms with Crippen molar-refractivity contribution in [3.05, 3.63) is 106 Å². The molecule has 1 fully saturated rings. The lowest BCUT2D eigenvalue weighted by molar-refractivity contribution is -0.138. The van der Waals surface area contributed by atoms with Gasteiger partial charge in [0.05, 0.1) is 11.2 Å². The van der Waals surface area contributed by atoms with E-state index in [1.54, 1.807) is 6.07 Å². The van der Waals surface area contributed by atoms with Crippen molar-refractivity contribution in [3.63, 3.8) is 0 Å². The highest BCUT2D eigenvalue weighted by Gasteiger charge is 2.38. The van der Waals surface area contributed by atoms with Crippen LogP contribution in [0.1, 0.15) is 70.5 Å². The Kier molecular flexibility index (Phi) is 6.97. The second kappa shape index (κ2) is 10.0. The molecule has 2 aliphatic rings. The van der Waals surface area contributed by atoms with Crippen LogP contribution in [0, 0.1) is 6.92 Å². The van der Waals surface area contributed by atoms with Gasteiger partial charge in [-0.05, 0) is 91.4 Å². The molecule has 1 N–H and O–H groups in total. The number of rotatable bonds is 5. The van der Waals surface area contributed by atoms with E-state index < -0.39 is 17.3 Å². The number of benzene rings is 3. The first-order chi connectivity index (χ1) is 17.2. The van der Waals surface area contributed by atoms with E-state index in [2.05, 4.69) is 53.4 Å². The molecule has 0 saturated carbocycles. The Labute approximate surface area is 211 Å². The molecule has 0 radical (unpaired) electrons. The smallest absolute Gasteiger partial charge is 0.385 e. The normalized spacial score (nSPS) is 18.4. The van der Waals surface area contributed by atoms with Crippen molar-refractivity contribution >= 4 is 0 Å². The average Bonchev–Trinajstić information content (AvgIpc) is 3.02. The highest BCUT2D eigenvalue weighted by atomic mass is 19.4. The fourth-order valence-corrected chi connectivity index (χ4v) is 6.12. The predicted octanol–water partition coefficient (Wildman–Crippen LogP) is 7.01. The Hall–Kier alpha value is -2.63. The van der Waals surface area contributed by atoms with Crippen molar-refractivity contribution in [2.75, 3.05) is 19.6 Å². The molecule has 1 aliphatic heterocycles. The summed E-state index contributed by atoms with van der Waals surface area (Å²) < 4.78 is 40.2. The van der Waals surface area contributed by atoms with Crippen LogP contribution in [0.4, 0.5) is 13.2 Å². The second-order valence-corrected chi connectivity index (χ2v) is 10.5. The summed E-state index contributed by atoms with van der Waals surface area (Å²) in [4.78, 5) is 2.35. The zero-order valence-corrected chi connectivity index (χ0v) is 20.8. The van der Waals surface area contributed by atoms with Crippen LogP contribution in [-0.4, -0.2) is 29.6 Å².